The number of phenols is 1. The molecule has 2 aromatic heterocycles. The number of nitrogens with zero attached hydrogens (tertiary/aromatic N) is 3. The average Bonchev–Trinajstić information content (AvgIpc) is 3.18. The van der Waals surface area contributed by atoms with Gasteiger partial charge in [0.15, 0.2) is 0 Å². The minimum Gasteiger partial charge on any atom is -0.506 e. The summed E-state index contributed by atoms with van der Waals surface area (Å²) < 4.78 is 5.17. The Morgan fingerprint density at radius 3 is 2.69 bits per heavy atom. The van der Waals surface area contributed by atoms with Gasteiger partial charge in [0.05, 0.1) is 23.5 Å². The molecule has 29 heavy (non-hydrogen) atoms. The van der Waals surface area contributed by atoms with Gasteiger partial charge in [-0.2, -0.15) is 0 Å². The Balaban J connectivity index is 1.82. The number of hydrogen-bond donors (Lipinski definition) is 2. The summed E-state index contributed by atoms with van der Waals surface area (Å²) in [7, 11) is 3.80. The lowest BCUT2D eigenvalue weighted by Gasteiger charge is -2.30. The second-order valence-electron chi connectivity index (χ2n) is 7.86. The molecule has 2 N–H and O–H groups in total. The fourth-order valence-corrected chi connectivity index (χ4v) is 3.44. The lowest BCUT2D eigenvalue weighted by Crippen LogP contribution is -2.36. The van der Waals surface area contributed by atoms with Crippen LogP contribution >= 0.6 is 11.6 Å². The van der Waals surface area contributed by atoms with E-state index in [1.165, 1.54) is 0 Å². The third-order valence-corrected chi connectivity index (χ3v) is 5.22. The van der Waals surface area contributed by atoms with Crippen molar-refractivity contribution in [1.29, 1.82) is 0 Å². The number of ether oxygens (including phenoxy) is 1. The van der Waals surface area contributed by atoms with E-state index in [2.05, 4.69) is 46.8 Å². The number of likely N-dealkylation sites (N-methyl/N-ethyl adjacent to an activating group) is 1. The van der Waals surface area contributed by atoms with E-state index in [0.717, 1.165) is 41.4 Å². The molecule has 0 atom stereocenters. The largest absolute Gasteiger partial charge is 0.506 e. The molecule has 0 unspecified atom stereocenters. The summed E-state index contributed by atoms with van der Waals surface area (Å²) in [4.78, 5) is 14.7. The number of halogens is 1. The highest BCUT2D eigenvalue weighted by atomic mass is 35.5. The van der Waals surface area contributed by atoms with Gasteiger partial charge in [0.2, 0.25) is 0 Å². The summed E-state index contributed by atoms with van der Waals surface area (Å²) in [5, 5.41) is 10.2. The number of rotatable bonds is 8. The van der Waals surface area contributed by atoms with Crippen LogP contribution in [0.1, 0.15) is 19.5 Å². The van der Waals surface area contributed by atoms with Crippen molar-refractivity contribution in [2.45, 2.75) is 19.3 Å². The maximum Gasteiger partial charge on any atom is 0.137 e. The van der Waals surface area contributed by atoms with Crippen LogP contribution in [-0.4, -0.2) is 58.8 Å². The van der Waals surface area contributed by atoms with Gasteiger partial charge in [-0.15, -0.1) is 0 Å². The molecule has 6 nitrogen and oxygen atoms in total. The molecule has 0 aliphatic rings. The molecule has 154 valence electrons. The number of aromatic hydroxyl groups is 1. The Kier molecular flexibility index (Phi) is 6.57. The van der Waals surface area contributed by atoms with Crippen LogP contribution in [0, 0.1) is 0 Å². The topological polar surface area (TPSA) is 74.3 Å². The Labute approximate surface area is 176 Å². The summed E-state index contributed by atoms with van der Waals surface area (Å²) in [5.41, 5.74) is 3.47. The van der Waals surface area contributed by atoms with E-state index in [1.807, 2.05) is 18.3 Å². The minimum absolute atomic E-state index is 0.0471. The van der Waals surface area contributed by atoms with Crippen LogP contribution in [0.2, 0.25) is 5.02 Å². The summed E-state index contributed by atoms with van der Waals surface area (Å²) in [6, 6.07) is 9.15. The lowest BCUT2D eigenvalue weighted by atomic mass is 9.87. The molecule has 0 aliphatic carbocycles. The van der Waals surface area contributed by atoms with Gasteiger partial charge in [0.1, 0.15) is 11.6 Å². The molecular formula is C22H27ClN4O2. The normalized spacial score (nSPS) is 11.9. The van der Waals surface area contributed by atoms with Crippen molar-refractivity contribution in [3.05, 3.63) is 53.4 Å². The molecule has 0 saturated carbocycles. The van der Waals surface area contributed by atoms with Gasteiger partial charge < -0.3 is 19.7 Å². The van der Waals surface area contributed by atoms with Crippen LogP contribution in [0.3, 0.4) is 0 Å². The van der Waals surface area contributed by atoms with Gasteiger partial charge in [-0.3, -0.25) is 4.98 Å². The van der Waals surface area contributed by atoms with Gasteiger partial charge in [-0.1, -0.05) is 31.5 Å². The number of nitrogens with one attached hydrogen (secondary N) is 1. The van der Waals surface area contributed by atoms with Crippen molar-refractivity contribution in [3.63, 3.8) is 0 Å². The van der Waals surface area contributed by atoms with Gasteiger partial charge in [-0.25, -0.2) is 4.98 Å². The molecule has 0 amide bonds. The van der Waals surface area contributed by atoms with E-state index in [4.69, 9.17) is 16.3 Å². The zero-order chi connectivity index (χ0) is 21.0. The molecule has 0 spiro atoms. The van der Waals surface area contributed by atoms with E-state index < -0.39 is 0 Å². The Morgan fingerprint density at radius 1 is 1.17 bits per heavy atom. The quantitative estimate of drug-likeness (QED) is 0.573. The number of H-pyrrole nitrogens is 1. The standard InChI is InChI=1S/C22H27ClN4O2/c1-22(2,14-27(3)9-10-29-4)20-12-16(7-8-24-20)21-25-13-18(26-21)15-5-6-17(23)19(28)11-15/h5-8,11-13,28H,9-10,14H2,1-4H3,(H,25,26). The second-order valence-corrected chi connectivity index (χ2v) is 8.26. The number of imidazole rings is 1. The second kappa shape index (κ2) is 8.95. The minimum atomic E-state index is -0.129. The van der Waals surface area contributed by atoms with Crippen LogP contribution < -0.4 is 0 Å². The van der Waals surface area contributed by atoms with Crippen molar-refractivity contribution in [1.82, 2.24) is 19.9 Å². The first-order valence-electron chi connectivity index (χ1n) is 9.48. The zero-order valence-corrected chi connectivity index (χ0v) is 18.0. The van der Waals surface area contributed by atoms with Gasteiger partial charge in [-0.05, 0) is 31.3 Å². The molecule has 7 heteroatoms. The van der Waals surface area contributed by atoms with Crippen molar-refractivity contribution < 1.29 is 9.84 Å². The average molecular weight is 415 g/mol. The Morgan fingerprint density at radius 2 is 1.97 bits per heavy atom. The predicted octanol–water partition coefficient (Wildman–Crippen LogP) is 4.35. The molecule has 1 aromatic carbocycles. The summed E-state index contributed by atoms with van der Waals surface area (Å²) in [6.45, 7) is 6.81. The number of aromatic nitrogens is 3. The molecular weight excluding hydrogens is 388 g/mol. The van der Waals surface area contributed by atoms with E-state index in [-0.39, 0.29) is 11.2 Å². The monoisotopic (exact) mass is 414 g/mol. The van der Waals surface area contributed by atoms with Crippen molar-refractivity contribution in [2.75, 3.05) is 33.9 Å². The first kappa shape index (κ1) is 21.3. The third kappa shape index (κ3) is 5.15. The van der Waals surface area contributed by atoms with Crippen LogP contribution in [0.15, 0.2) is 42.7 Å². The van der Waals surface area contributed by atoms with Crippen LogP contribution in [0.4, 0.5) is 0 Å². The first-order valence-corrected chi connectivity index (χ1v) is 9.86. The highest BCUT2D eigenvalue weighted by Crippen LogP contribution is 2.30. The number of benzene rings is 1. The highest BCUT2D eigenvalue weighted by molar-refractivity contribution is 6.32. The molecule has 3 rings (SSSR count). The van der Waals surface area contributed by atoms with E-state index >= 15 is 0 Å². The highest BCUT2D eigenvalue weighted by Gasteiger charge is 2.24. The summed E-state index contributed by atoms with van der Waals surface area (Å²) >= 11 is 5.90. The Hall–Kier alpha value is -2.41. The molecule has 2 heterocycles. The molecule has 0 fully saturated rings. The molecule has 0 radical (unpaired) electrons. The van der Waals surface area contributed by atoms with E-state index in [1.54, 1.807) is 25.4 Å². The summed E-state index contributed by atoms with van der Waals surface area (Å²) in [6.07, 6.45) is 3.57. The van der Waals surface area contributed by atoms with Gasteiger partial charge in [0, 0.05) is 48.6 Å². The molecule has 3 aromatic rings. The fourth-order valence-electron chi connectivity index (χ4n) is 3.32. The summed E-state index contributed by atoms with van der Waals surface area (Å²) in [5.74, 6) is 0.799. The van der Waals surface area contributed by atoms with E-state index in [9.17, 15) is 5.11 Å². The SMILES string of the molecule is COCCN(C)CC(C)(C)c1cc(-c2ncc(-c3ccc(Cl)c(O)c3)[nH]2)ccn1. The first-order chi connectivity index (χ1) is 13.8. The maximum absolute atomic E-state index is 9.85. The Bertz CT molecular complexity index is 971. The molecule has 0 aliphatic heterocycles. The van der Waals surface area contributed by atoms with Crippen LogP contribution in [-0.2, 0) is 10.2 Å². The van der Waals surface area contributed by atoms with Crippen LogP contribution in [0.25, 0.3) is 22.6 Å². The number of methoxy groups -OCH3 is 1. The number of phenolic OH excluding ortho intramolecular Hbond substituents is 1. The predicted molar refractivity (Wildman–Crippen MR) is 116 cm³/mol. The molecule has 0 saturated heterocycles. The third-order valence-electron chi connectivity index (χ3n) is 4.90. The fraction of sp³-hybridized carbons (Fsp3) is 0.364. The smallest absolute Gasteiger partial charge is 0.137 e. The van der Waals surface area contributed by atoms with Gasteiger partial charge >= 0.3 is 0 Å². The number of pyridine rings is 1. The van der Waals surface area contributed by atoms with Gasteiger partial charge in [0.25, 0.3) is 0 Å². The van der Waals surface area contributed by atoms with Crippen molar-refractivity contribution in [2.24, 2.45) is 0 Å². The van der Waals surface area contributed by atoms with Crippen LogP contribution in [0.5, 0.6) is 5.75 Å². The van der Waals surface area contributed by atoms with Crippen molar-refractivity contribution >= 4 is 11.6 Å². The number of aromatic amines is 1. The zero-order valence-electron chi connectivity index (χ0n) is 17.2. The lowest BCUT2D eigenvalue weighted by molar-refractivity contribution is 0.150. The van der Waals surface area contributed by atoms with Crippen molar-refractivity contribution in [3.8, 4) is 28.4 Å². The molecule has 0 bridgehead atoms. The number of hydrogen-bond acceptors (Lipinski definition) is 5. The van der Waals surface area contributed by atoms with E-state index in [0.29, 0.717) is 11.6 Å². The maximum atomic E-state index is 9.85.